The second-order valence-corrected chi connectivity index (χ2v) is 11.2. The second kappa shape index (κ2) is 9.16. The van der Waals surface area contributed by atoms with E-state index in [1.807, 2.05) is 0 Å². The molecule has 2 heterocycles. The van der Waals surface area contributed by atoms with Gasteiger partial charge in [-0.15, -0.1) is 0 Å². The highest BCUT2D eigenvalue weighted by Gasteiger charge is 2.27. The zero-order chi connectivity index (χ0) is 22.8. The van der Waals surface area contributed by atoms with Gasteiger partial charge in [0.25, 0.3) is 10.0 Å². The number of sulfonamides is 2. The zero-order valence-corrected chi connectivity index (χ0v) is 19.4. The minimum Gasteiger partial charge on any atom is -0.495 e. The van der Waals surface area contributed by atoms with Crippen molar-refractivity contribution in [3.63, 3.8) is 0 Å². The molecule has 2 aromatic rings. The van der Waals surface area contributed by atoms with Gasteiger partial charge >= 0.3 is 0 Å². The van der Waals surface area contributed by atoms with Crippen molar-refractivity contribution in [2.45, 2.75) is 35.5 Å². The number of hydrogen-bond donors (Lipinski definition) is 1. The monoisotopic (exact) mass is 482 g/mol. The Kier molecular flexibility index (Phi) is 6.50. The highest BCUT2D eigenvalue weighted by atomic mass is 32.2. The van der Waals surface area contributed by atoms with Crippen LogP contribution in [0.4, 0.5) is 5.69 Å². The smallest absolute Gasteiger partial charge is 0.262 e. The summed E-state index contributed by atoms with van der Waals surface area (Å²) in [6.07, 6.45) is 3.60. The predicted octanol–water partition coefficient (Wildman–Crippen LogP) is 2.83. The molecule has 1 saturated heterocycles. The first-order valence-corrected chi connectivity index (χ1v) is 13.3. The molecule has 0 aliphatic carbocycles. The zero-order valence-electron chi connectivity index (χ0n) is 17.7. The Bertz CT molecular complexity index is 1190. The first-order valence-electron chi connectivity index (χ1n) is 10.4. The normalized spacial score (nSPS) is 17.4. The van der Waals surface area contributed by atoms with E-state index in [4.69, 9.17) is 14.2 Å². The van der Waals surface area contributed by atoms with Crippen LogP contribution in [0.2, 0.25) is 0 Å². The van der Waals surface area contributed by atoms with Gasteiger partial charge in [0.2, 0.25) is 10.0 Å². The number of nitrogens with zero attached hydrogens (tertiary/aromatic N) is 1. The largest absolute Gasteiger partial charge is 0.495 e. The molecule has 9 nitrogen and oxygen atoms in total. The molecule has 0 amide bonds. The molecule has 1 fully saturated rings. The summed E-state index contributed by atoms with van der Waals surface area (Å²) in [5.74, 6) is 1.02. The van der Waals surface area contributed by atoms with E-state index in [9.17, 15) is 16.8 Å². The van der Waals surface area contributed by atoms with Gasteiger partial charge in [-0.25, -0.2) is 16.8 Å². The van der Waals surface area contributed by atoms with Crippen molar-refractivity contribution in [1.82, 2.24) is 4.31 Å². The van der Waals surface area contributed by atoms with Crippen LogP contribution >= 0.6 is 0 Å². The Morgan fingerprint density at radius 3 is 2.19 bits per heavy atom. The van der Waals surface area contributed by atoms with Crippen molar-refractivity contribution < 1.29 is 31.0 Å². The lowest BCUT2D eigenvalue weighted by atomic mass is 10.2. The van der Waals surface area contributed by atoms with E-state index in [-0.39, 0.29) is 21.2 Å². The molecule has 0 unspecified atom stereocenters. The van der Waals surface area contributed by atoms with Gasteiger partial charge in [-0.1, -0.05) is 12.8 Å². The van der Waals surface area contributed by atoms with E-state index in [1.165, 1.54) is 47.8 Å². The number of benzene rings is 2. The minimum absolute atomic E-state index is 0.0140. The van der Waals surface area contributed by atoms with Gasteiger partial charge in [-0.2, -0.15) is 4.31 Å². The summed E-state index contributed by atoms with van der Waals surface area (Å²) in [6, 6.07) is 8.49. The van der Waals surface area contributed by atoms with Crippen LogP contribution in [0.5, 0.6) is 17.2 Å². The van der Waals surface area contributed by atoms with E-state index >= 15 is 0 Å². The van der Waals surface area contributed by atoms with Crippen molar-refractivity contribution in [2.24, 2.45) is 0 Å². The molecule has 1 N–H and O–H groups in total. The van der Waals surface area contributed by atoms with E-state index in [0.717, 1.165) is 25.7 Å². The molecule has 0 bridgehead atoms. The maximum atomic E-state index is 13.2. The molecule has 0 radical (unpaired) electrons. The van der Waals surface area contributed by atoms with Crippen molar-refractivity contribution in [2.75, 3.05) is 38.1 Å². The fourth-order valence-electron chi connectivity index (χ4n) is 3.75. The predicted molar refractivity (Wildman–Crippen MR) is 118 cm³/mol. The summed E-state index contributed by atoms with van der Waals surface area (Å²) in [6.45, 7) is 1.63. The van der Waals surface area contributed by atoms with E-state index in [0.29, 0.717) is 37.8 Å². The second-order valence-electron chi connectivity index (χ2n) is 7.59. The minimum atomic E-state index is -4.05. The number of hydrogen-bond acceptors (Lipinski definition) is 7. The molecule has 4 rings (SSSR count). The van der Waals surface area contributed by atoms with Gasteiger partial charge < -0.3 is 14.2 Å². The fourth-order valence-corrected chi connectivity index (χ4v) is 6.37. The lowest BCUT2D eigenvalue weighted by molar-refractivity contribution is 0.171. The molecule has 0 spiro atoms. The van der Waals surface area contributed by atoms with Crippen LogP contribution in [0.25, 0.3) is 0 Å². The third-order valence-corrected chi connectivity index (χ3v) is 8.70. The molecule has 2 aliphatic heterocycles. The van der Waals surface area contributed by atoms with Crippen LogP contribution in [0, 0.1) is 0 Å². The number of methoxy groups -OCH3 is 1. The molecule has 11 heteroatoms. The van der Waals surface area contributed by atoms with E-state index in [2.05, 4.69) is 4.72 Å². The van der Waals surface area contributed by atoms with E-state index < -0.39 is 20.0 Å². The summed E-state index contributed by atoms with van der Waals surface area (Å²) in [4.78, 5) is -0.0235. The van der Waals surface area contributed by atoms with Crippen LogP contribution < -0.4 is 18.9 Å². The Morgan fingerprint density at radius 1 is 0.844 bits per heavy atom. The molecule has 0 atom stereocenters. The van der Waals surface area contributed by atoms with Gasteiger partial charge in [-0.05, 0) is 43.2 Å². The molecule has 0 aromatic heterocycles. The molecular formula is C21H26N2O7S2. The molecular weight excluding hydrogens is 456 g/mol. The molecule has 0 saturated carbocycles. The summed E-state index contributed by atoms with van der Waals surface area (Å²) < 4.78 is 72.5. The molecule has 2 aromatic carbocycles. The van der Waals surface area contributed by atoms with Crippen molar-refractivity contribution >= 4 is 25.7 Å². The van der Waals surface area contributed by atoms with Crippen LogP contribution in [0.3, 0.4) is 0 Å². The van der Waals surface area contributed by atoms with Crippen LogP contribution in [-0.2, 0) is 20.0 Å². The van der Waals surface area contributed by atoms with Crippen LogP contribution in [0.1, 0.15) is 25.7 Å². The molecule has 2 aliphatic rings. The van der Waals surface area contributed by atoms with Crippen LogP contribution in [0.15, 0.2) is 46.2 Å². The van der Waals surface area contributed by atoms with Crippen LogP contribution in [-0.4, -0.2) is 54.6 Å². The summed E-state index contributed by atoms with van der Waals surface area (Å²) >= 11 is 0. The topological polar surface area (TPSA) is 111 Å². The Labute approximate surface area is 188 Å². The Hall–Kier alpha value is -2.50. The first kappa shape index (κ1) is 22.7. The number of nitrogens with one attached hydrogen (secondary N) is 1. The van der Waals surface area contributed by atoms with E-state index in [1.54, 1.807) is 0 Å². The third-order valence-electron chi connectivity index (χ3n) is 5.44. The van der Waals surface area contributed by atoms with Gasteiger partial charge in [0.05, 0.1) is 22.6 Å². The Morgan fingerprint density at radius 2 is 1.50 bits per heavy atom. The summed E-state index contributed by atoms with van der Waals surface area (Å²) in [7, 11) is -6.42. The highest BCUT2D eigenvalue weighted by molar-refractivity contribution is 7.92. The maximum Gasteiger partial charge on any atom is 0.262 e. The SMILES string of the molecule is COc1ccc(S(=O)(=O)N2CCCCCC2)cc1NS(=O)(=O)c1ccc2c(c1)OCCO2. The number of fused-ring (bicyclic) bond motifs is 1. The fraction of sp³-hybridized carbons (Fsp3) is 0.429. The number of ether oxygens (including phenoxy) is 3. The average Bonchev–Trinajstić information content (AvgIpc) is 3.09. The van der Waals surface area contributed by atoms with Crippen molar-refractivity contribution in [3.05, 3.63) is 36.4 Å². The van der Waals surface area contributed by atoms with Gasteiger partial charge in [0.1, 0.15) is 19.0 Å². The lowest BCUT2D eigenvalue weighted by Gasteiger charge is -2.21. The maximum absolute atomic E-state index is 13.2. The highest BCUT2D eigenvalue weighted by Crippen LogP contribution is 2.35. The van der Waals surface area contributed by atoms with Crippen molar-refractivity contribution in [1.29, 1.82) is 0 Å². The van der Waals surface area contributed by atoms with Gasteiger partial charge in [-0.3, -0.25) is 4.72 Å². The molecule has 32 heavy (non-hydrogen) atoms. The quantitative estimate of drug-likeness (QED) is 0.674. The summed E-state index contributed by atoms with van der Waals surface area (Å²) in [5, 5.41) is 0. The number of rotatable bonds is 6. The third kappa shape index (κ3) is 4.64. The lowest BCUT2D eigenvalue weighted by Crippen LogP contribution is -2.32. The average molecular weight is 483 g/mol. The molecule has 174 valence electrons. The summed E-state index contributed by atoms with van der Waals surface area (Å²) in [5.41, 5.74) is 0.0401. The van der Waals surface area contributed by atoms with Crippen molar-refractivity contribution in [3.8, 4) is 17.2 Å². The number of anilines is 1. The first-order chi connectivity index (χ1) is 15.3. The standard InChI is InChI=1S/C21H26N2O7S2/c1-28-19-8-7-17(32(26,27)23-10-4-2-3-5-11-23)14-18(19)22-31(24,25)16-6-9-20-21(15-16)30-13-12-29-20/h6-9,14-15,22H,2-5,10-13H2,1H3. The van der Waals surface area contributed by atoms with Gasteiger partial charge in [0, 0.05) is 19.2 Å². The Balaban J connectivity index is 1.65. The van der Waals surface area contributed by atoms with Gasteiger partial charge in [0.15, 0.2) is 11.5 Å².